The molecule has 0 aliphatic heterocycles. The topological polar surface area (TPSA) is 134 Å². The third-order valence-corrected chi connectivity index (χ3v) is 15.6. The van der Waals surface area contributed by atoms with Crippen molar-refractivity contribution in [3.8, 4) is 0 Å². The molecule has 0 rings (SSSR count). The second-order valence-corrected chi connectivity index (χ2v) is 24.8. The van der Waals surface area contributed by atoms with Crippen molar-refractivity contribution in [1.29, 1.82) is 0 Å². The molecule has 0 amide bonds. The van der Waals surface area contributed by atoms with Gasteiger partial charge in [-0.2, -0.15) is 0 Å². The molecule has 0 heterocycles. The van der Waals surface area contributed by atoms with Gasteiger partial charge in [0, 0.05) is 19.4 Å². The molecule has 9 nitrogen and oxygen atoms in total. The molecule has 0 bridgehead atoms. The summed E-state index contributed by atoms with van der Waals surface area (Å²) in [7, 11) is -4.42. The third kappa shape index (κ3) is 75.5. The lowest BCUT2D eigenvalue weighted by Gasteiger charge is -2.19. The molecule has 0 saturated carbocycles. The Morgan fingerprint density at radius 2 is 0.559 bits per heavy atom. The molecule has 0 aromatic heterocycles. The summed E-state index contributed by atoms with van der Waals surface area (Å²) in [5, 5.41) is 0. The van der Waals surface area contributed by atoms with Gasteiger partial charge in [0.15, 0.2) is 6.10 Å². The van der Waals surface area contributed by atoms with Crippen LogP contribution in [-0.4, -0.2) is 49.3 Å². The molecule has 0 aliphatic rings. The molecule has 0 fully saturated rings. The Labute approximate surface area is 569 Å². The zero-order valence-electron chi connectivity index (χ0n) is 58.6. The molecule has 0 aromatic rings. The number of esters is 2. The van der Waals surface area contributed by atoms with Crippen LogP contribution in [-0.2, 0) is 32.7 Å². The van der Waals surface area contributed by atoms with Gasteiger partial charge < -0.3 is 20.1 Å². The Morgan fingerprint density at radius 3 is 0.828 bits per heavy atom. The van der Waals surface area contributed by atoms with Gasteiger partial charge in [-0.05, 0) is 148 Å². The van der Waals surface area contributed by atoms with Crippen molar-refractivity contribution in [1.82, 2.24) is 0 Å². The Balaban J connectivity index is 4.00. The largest absolute Gasteiger partial charge is 0.472 e. The van der Waals surface area contributed by atoms with Gasteiger partial charge in [-0.15, -0.1) is 0 Å². The van der Waals surface area contributed by atoms with Gasteiger partial charge in [0.2, 0.25) is 0 Å². The summed E-state index contributed by atoms with van der Waals surface area (Å²) < 4.78 is 33.2. The van der Waals surface area contributed by atoms with E-state index in [1.807, 2.05) is 0 Å². The van der Waals surface area contributed by atoms with E-state index >= 15 is 0 Å². The molecule has 93 heavy (non-hydrogen) atoms. The van der Waals surface area contributed by atoms with Crippen molar-refractivity contribution in [2.24, 2.45) is 5.73 Å². The summed E-state index contributed by atoms with van der Waals surface area (Å²) in [6.07, 6.45) is 116. The standard InChI is InChI=1S/C83H132NO8P/c1-3-5-7-9-11-13-15-17-19-21-23-25-27-29-31-33-35-37-38-39-40-41-42-44-46-48-50-52-54-56-58-60-62-64-66-68-70-72-74-76-83(86)92-81(80-91-93(87,88)90-78-77-84)79-89-82(85)75-73-71-69-67-65-63-61-59-57-55-53-51-49-47-45-43-36-34-32-30-28-26-24-22-20-18-16-14-12-10-8-6-4-2/h5-8,11-14,17-20,23-26,29-32,35-37,39-40,42-44,48,50,54,56,60,62,81H,3-4,9-10,15-16,21-22,27-28,33-34,38,41,45-47,49,51-53,55,57-59,61,63-80,84H2,1-2H3,(H,87,88)/b7-5-,8-6-,13-11-,14-12-,19-17-,20-18-,25-23-,26-24-,31-29-,32-30-,37-35-,40-39-,43-36-,44-42-,50-48-,56-54-,62-60-. The zero-order valence-corrected chi connectivity index (χ0v) is 59.5. The number of unbranched alkanes of at least 4 members (excludes halogenated alkanes) is 19. The zero-order chi connectivity index (χ0) is 67.2. The molecule has 3 N–H and O–H groups in total. The lowest BCUT2D eigenvalue weighted by molar-refractivity contribution is -0.161. The number of carbonyl (C=O) groups excluding carboxylic acids is 2. The van der Waals surface area contributed by atoms with Crippen molar-refractivity contribution in [2.75, 3.05) is 26.4 Å². The van der Waals surface area contributed by atoms with Crippen LogP contribution in [0, 0.1) is 0 Å². The minimum Gasteiger partial charge on any atom is -0.462 e. The fourth-order valence-corrected chi connectivity index (χ4v) is 10.1. The predicted molar refractivity (Wildman–Crippen MR) is 403 cm³/mol. The van der Waals surface area contributed by atoms with E-state index in [4.69, 9.17) is 24.3 Å². The van der Waals surface area contributed by atoms with Gasteiger partial charge >= 0.3 is 19.8 Å². The Hall–Kier alpha value is -5.41. The summed E-state index contributed by atoms with van der Waals surface area (Å²) in [4.78, 5) is 35.4. The highest BCUT2D eigenvalue weighted by Gasteiger charge is 2.26. The normalized spacial score (nSPS) is 14.2. The van der Waals surface area contributed by atoms with Crippen molar-refractivity contribution in [3.05, 3.63) is 207 Å². The Kier molecular flexibility index (Phi) is 71.2. The van der Waals surface area contributed by atoms with Crippen LogP contribution in [0.4, 0.5) is 0 Å². The molecule has 10 heteroatoms. The summed E-state index contributed by atoms with van der Waals surface area (Å²) in [5.41, 5.74) is 5.40. The SMILES string of the molecule is CC/C=C\C/C=C\C/C=C\C/C=C\C/C=C\C/C=C\C/C=C\C/C=C\C/C=C\C/C=C\C/C=C\CCCCCCCC(=O)OC(COC(=O)CCCCCCCCCCCCCCCC/C=C\C/C=C\C/C=C\C/C=C\C/C=C\C/C=C\CC)COP(=O)(O)OCCN. The van der Waals surface area contributed by atoms with Gasteiger partial charge in [0.1, 0.15) is 6.61 Å². The molecule has 0 radical (unpaired) electrons. The maximum absolute atomic E-state index is 12.8. The highest BCUT2D eigenvalue weighted by atomic mass is 31.2. The van der Waals surface area contributed by atoms with E-state index in [-0.39, 0.29) is 32.6 Å². The number of phosphoric ester groups is 1. The fourth-order valence-electron chi connectivity index (χ4n) is 9.35. The van der Waals surface area contributed by atoms with Crippen LogP contribution in [0.1, 0.15) is 271 Å². The lowest BCUT2D eigenvalue weighted by Crippen LogP contribution is -2.29. The maximum atomic E-state index is 12.8. The van der Waals surface area contributed by atoms with Gasteiger partial charge in [-0.1, -0.05) is 317 Å². The van der Waals surface area contributed by atoms with E-state index in [1.54, 1.807) is 0 Å². The Bertz CT molecular complexity index is 2280. The molecule has 0 aliphatic carbocycles. The first-order chi connectivity index (χ1) is 45.8. The quantitative estimate of drug-likeness (QED) is 0.0264. The van der Waals surface area contributed by atoms with E-state index in [9.17, 15) is 19.0 Å². The minimum absolute atomic E-state index is 0.0398. The van der Waals surface area contributed by atoms with Crippen molar-refractivity contribution in [3.63, 3.8) is 0 Å². The van der Waals surface area contributed by atoms with Gasteiger partial charge in [0.25, 0.3) is 0 Å². The summed E-state index contributed by atoms with van der Waals surface area (Å²) in [6.45, 7) is 3.48. The third-order valence-electron chi connectivity index (χ3n) is 14.7. The molecular formula is C83H132NO8P. The van der Waals surface area contributed by atoms with Crippen LogP contribution in [0.5, 0.6) is 0 Å². The van der Waals surface area contributed by atoms with Crippen LogP contribution < -0.4 is 5.73 Å². The lowest BCUT2D eigenvalue weighted by atomic mass is 10.0. The summed E-state index contributed by atoms with van der Waals surface area (Å²) in [5.74, 6) is -0.861. The van der Waals surface area contributed by atoms with Crippen molar-refractivity contribution >= 4 is 19.8 Å². The predicted octanol–water partition coefficient (Wildman–Crippen LogP) is 24.6. The average Bonchev–Trinajstić information content (AvgIpc) is 3.60. The molecule has 0 aromatic carbocycles. The van der Waals surface area contributed by atoms with Gasteiger partial charge in [-0.3, -0.25) is 18.6 Å². The number of nitrogens with two attached hydrogens (primary N) is 1. The number of hydrogen-bond acceptors (Lipinski definition) is 8. The number of carbonyl (C=O) groups is 2. The van der Waals surface area contributed by atoms with Crippen LogP contribution in [0.15, 0.2) is 207 Å². The van der Waals surface area contributed by atoms with Gasteiger partial charge in [0.05, 0.1) is 13.2 Å². The first-order valence-electron chi connectivity index (χ1n) is 36.6. The van der Waals surface area contributed by atoms with Crippen LogP contribution in [0.25, 0.3) is 0 Å². The maximum Gasteiger partial charge on any atom is 0.472 e. The van der Waals surface area contributed by atoms with Crippen LogP contribution in [0.2, 0.25) is 0 Å². The second kappa shape index (κ2) is 75.6. The minimum atomic E-state index is -4.42. The smallest absolute Gasteiger partial charge is 0.462 e. The first-order valence-corrected chi connectivity index (χ1v) is 38.1. The van der Waals surface area contributed by atoms with E-state index in [1.165, 1.54) is 70.6 Å². The highest BCUT2D eigenvalue weighted by molar-refractivity contribution is 7.47. The average molecular weight is 1300 g/mol. The van der Waals surface area contributed by atoms with E-state index in [0.29, 0.717) is 6.42 Å². The number of rotatable bonds is 66. The number of ether oxygens (including phenoxy) is 2. The number of allylic oxidation sites excluding steroid dienone is 34. The fraction of sp³-hybridized carbons (Fsp3) is 0.566. The molecule has 522 valence electrons. The molecular weight excluding hydrogens is 1170 g/mol. The van der Waals surface area contributed by atoms with E-state index in [2.05, 4.69) is 220 Å². The second-order valence-electron chi connectivity index (χ2n) is 23.3. The van der Waals surface area contributed by atoms with Crippen molar-refractivity contribution in [2.45, 2.75) is 277 Å². The first kappa shape index (κ1) is 87.6. The number of hydrogen-bond donors (Lipinski definition) is 2. The highest BCUT2D eigenvalue weighted by Crippen LogP contribution is 2.43. The molecule has 2 unspecified atom stereocenters. The molecule has 0 spiro atoms. The van der Waals surface area contributed by atoms with E-state index in [0.717, 1.165) is 167 Å². The monoisotopic (exact) mass is 1300 g/mol. The Morgan fingerprint density at radius 1 is 0.323 bits per heavy atom. The van der Waals surface area contributed by atoms with E-state index < -0.39 is 32.5 Å². The summed E-state index contributed by atoms with van der Waals surface area (Å²) >= 11 is 0. The summed E-state index contributed by atoms with van der Waals surface area (Å²) in [6, 6.07) is 0. The number of phosphoric acid groups is 1. The van der Waals surface area contributed by atoms with Crippen LogP contribution >= 0.6 is 7.82 Å². The molecule has 2 atom stereocenters. The van der Waals surface area contributed by atoms with Crippen molar-refractivity contribution < 1.29 is 37.6 Å². The van der Waals surface area contributed by atoms with Crippen LogP contribution in [0.3, 0.4) is 0 Å². The molecule has 0 saturated heterocycles. The van der Waals surface area contributed by atoms with Gasteiger partial charge in [-0.25, -0.2) is 4.57 Å².